The first-order valence-corrected chi connectivity index (χ1v) is 6.15. The predicted octanol–water partition coefficient (Wildman–Crippen LogP) is 1.10. The minimum absolute atomic E-state index is 0.376. The van der Waals surface area contributed by atoms with Crippen molar-refractivity contribution in [1.29, 1.82) is 0 Å². The number of carbonyl (C=O) groups is 1. The van der Waals surface area contributed by atoms with Gasteiger partial charge in [-0.25, -0.2) is 0 Å². The summed E-state index contributed by atoms with van der Waals surface area (Å²) in [5.74, 6) is 2.30. The predicted molar refractivity (Wildman–Crippen MR) is 60.5 cm³/mol. The van der Waals surface area contributed by atoms with E-state index in [0.717, 1.165) is 32.6 Å². The molecule has 2 saturated heterocycles. The van der Waals surface area contributed by atoms with E-state index >= 15 is 0 Å². The van der Waals surface area contributed by atoms with Crippen molar-refractivity contribution in [2.45, 2.75) is 26.7 Å². The molecule has 0 aromatic rings. The highest BCUT2D eigenvalue weighted by molar-refractivity contribution is 5.78. The zero-order chi connectivity index (χ0) is 10.8. The van der Waals surface area contributed by atoms with Crippen LogP contribution in [0.5, 0.6) is 0 Å². The fourth-order valence-electron chi connectivity index (χ4n) is 2.61. The Bertz CT molecular complexity index is 234. The van der Waals surface area contributed by atoms with Crippen LogP contribution in [0.3, 0.4) is 0 Å². The van der Waals surface area contributed by atoms with Gasteiger partial charge in [0.05, 0.1) is 0 Å². The normalized spacial score (nSPS) is 31.9. The van der Waals surface area contributed by atoms with Gasteiger partial charge in [0.1, 0.15) is 0 Å². The summed E-state index contributed by atoms with van der Waals surface area (Å²) in [4.78, 5) is 13.9. The summed E-state index contributed by atoms with van der Waals surface area (Å²) in [5.41, 5.74) is 0. The van der Waals surface area contributed by atoms with Gasteiger partial charge in [0.15, 0.2) is 0 Å². The van der Waals surface area contributed by atoms with E-state index < -0.39 is 0 Å². The van der Waals surface area contributed by atoms with Gasteiger partial charge in [-0.15, -0.1) is 0 Å². The Kier molecular flexibility index (Phi) is 3.29. The third kappa shape index (κ3) is 2.51. The van der Waals surface area contributed by atoms with Crippen molar-refractivity contribution in [3.8, 4) is 0 Å². The standard InChI is InChI=1S/C12H22N2O/c1-9(2)11-5-12(15)14(8-11)7-10-3-4-13-6-10/h9-11,13H,3-8H2,1-2H3. The molecule has 0 aliphatic carbocycles. The lowest BCUT2D eigenvalue weighted by Gasteiger charge is -2.21. The number of nitrogens with one attached hydrogen (secondary N) is 1. The van der Waals surface area contributed by atoms with E-state index in [1.807, 2.05) is 0 Å². The minimum Gasteiger partial charge on any atom is -0.342 e. The summed E-state index contributed by atoms with van der Waals surface area (Å²) in [6, 6.07) is 0. The maximum atomic E-state index is 11.8. The largest absolute Gasteiger partial charge is 0.342 e. The molecule has 0 aromatic carbocycles. The number of nitrogens with zero attached hydrogens (tertiary/aromatic N) is 1. The SMILES string of the molecule is CC(C)C1CC(=O)N(CC2CCNC2)C1. The van der Waals surface area contributed by atoms with Crippen LogP contribution in [0.15, 0.2) is 0 Å². The average Bonchev–Trinajstić information content (AvgIpc) is 2.77. The molecule has 0 aromatic heterocycles. The zero-order valence-electron chi connectivity index (χ0n) is 9.83. The van der Waals surface area contributed by atoms with Gasteiger partial charge in [0, 0.05) is 19.5 Å². The molecule has 0 radical (unpaired) electrons. The van der Waals surface area contributed by atoms with Crippen LogP contribution in [0.2, 0.25) is 0 Å². The fourth-order valence-corrected chi connectivity index (χ4v) is 2.61. The first-order chi connectivity index (χ1) is 7.16. The Morgan fingerprint density at radius 3 is 2.87 bits per heavy atom. The summed E-state index contributed by atoms with van der Waals surface area (Å²) in [7, 11) is 0. The molecule has 0 spiro atoms. The number of rotatable bonds is 3. The van der Waals surface area contributed by atoms with Gasteiger partial charge >= 0.3 is 0 Å². The average molecular weight is 210 g/mol. The van der Waals surface area contributed by atoms with E-state index in [1.165, 1.54) is 6.42 Å². The second-order valence-electron chi connectivity index (χ2n) is 5.37. The van der Waals surface area contributed by atoms with Gasteiger partial charge in [-0.2, -0.15) is 0 Å². The van der Waals surface area contributed by atoms with Crippen molar-refractivity contribution in [3.63, 3.8) is 0 Å². The highest BCUT2D eigenvalue weighted by atomic mass is 16.2. The van der Waals surface area contributed by atoms with Gasteiger partial charge in [-0.1, -0.05) is 13.8 Å². The summed E-state index contributed by atoms with van der Waals surface area (Å²) < 4.78 is 0. The molecule has 2 fully saturated rings. The number of likely N-dealkylation sites (tertiary alicyclic amines) is 1. The van der Waals surface area contributed by atoms with Crippen LogP contribution in [0, 0.1) is 17.8 Å². The van der Waals surface area contributed by atoms with Gasteiger partial charge < -0.3 is 10.2 Å². The van der Waals surface area contributed by atoms with E-state index in [9.17, 15) is 4.79 Å². The monoisotopic (exact) mass is 210 g/mol. The summed E-state index contributed by atoms with van der Waals surface area (Å²) >= 11 is 0. The number of hydrogen-bond acceptors (Lipinski definition) is 2. The topological polar surface area (TPSA) is 32.3 Å². The molecule has 1 amide bonds. The van der Waals surface area contributed by atoms with Crippen LogP contribution in [0.4, 0.5) is 0 Å². The molecule has 86 valence electrons. The maximum Gasteiger partial charge on any atom is 0.222 e. The number of amides is 1. The lowest BCUT2D eigenvalue weighted by Crippen LogP contribution is -2.32. The number of hydrogen-bond donors (Lipinski definition) is 1. The van der Waals surface area contributed by atoms with Crippen molar-refractivity contribution >= 4 is 5.91 Å². The molecule has 2 atom stereocenters. The van der Waals surface area contributed by atoms with Gasteiger partial charge in [0.2, 0.25) is 5.91 Å². The van der Waals surface area contributed by atoms with Crippen molar-refractivity contribution < 1.29 is 4.79 Å². The molecule has 0 bridgehead atoms. The molecule has 0 saturated carbocycles. The molecule has 2 rings (SSSR count). The van der Waals surface area contributed by atoms with E-state index in [-0.39, 0.29) is 0 Å². The molecule has 2 heterocycles. The Morgan fingerprint density at radius 2 is 2.33 bits per heavy atom. The van der Waals surface area contributed by atoms with Crippen LogP contribution < -0.4 is 5.32 Å². The zero-order valence-corrected chi connectivity index (χ0v) is 9.83. The second-order valence-corrected chi connectivity index (χ2v) is 5.37. The van der Waals surface area contributed by atoms with Crippen molar-refractivity contribution in [2.24, 2.45) is 17.8 Å². The van der Waals surface area contributed by atoms with Crippen molar-refractivity contribution in [1.82, 2.24) is 10.2 Å². The van der Waals surface area contributed by atoms with Crippen LogP contribution in [-0.2, 0) is 4.79 Å². The maximum absolute atomic E-state index is 11.8. The van der Waals surface area contributed by atoms with E-state index in [4.69, 9.17) is 0 Å². The molecule has 15 heavy (non-hydrogen) atoms. The van der Waals surface area contributed by atoms with Crippen LogP contribution in [0.1, 0.15) is 26.7 Å². The Morgan fingerprint density at radius 1 is 1.53 bits per heavy atom. The highest BCUT2D eigenvalue weighted by Crippen LogP contribution is 2.26. The highest BCUT2D eigenvalue weighted by Gasteiger charge is 2.32. The Labute approximate surface area is 92.2 Å². The third-order valence-electron chi connectivity index (χ3n) is 3.83. The van der Waals surface area contributed by atoms with Gasteiger partial charge in [-0.05, 0) is 37.3 Å². The van der Waals surface area contributed by atoms with Crippen molar-refractivity contribution in [2.75, 3.05) is 26.2 Å². The second kappa shape index (κ2) is 4.52. The smallest absolute Gasteiger partial charge is 0.222 e. The molecule has 2 aliphatic rings. The quantitative estimate of drug-likeness (QED) is 0.756. The lowest BCUT2D eigenvalue weighted by molar-refractivity contribution is -0.128. The Balaban J connectivity index is 1.85. The van der Waals surface area contributed by atoms with Gasteiger partial charge in [-0.3, -0.25) is 4.79 Å². The summed E-state index contributed by atoms with van der Waals surface area (Å²) in [5, 5.41) is 3.36. The summed E-state index contributed by atoms with van der Waals surface area (Å²) in [6.07, 6.45) is 2.01. The van der Waals surface area contributed by atoms with Crippen LogP contribution in [0.25, 0.3) is 0 Å². The molecular weight excluding hydrogens is 188 g/mol. The molecule has 2 aliphatic heterocycles. The Hall–Kier alpha value is -0.570. The molecule has 3 heteroatoms. The first-order valence-electron chi connectivity index (χ1n) is 6.15. The van der Waals surface area contributed by atoms with Crippen molar-refractivity contribution in [3.05, 3.63) is 0 Å². The molecular formula is C12H22N2O. The van der Waals surface area contributed by atoms with Crippen LogP contribution in [-0.4, -0.2) is 37.0 Å². The molecule has 1 N–H and O–H groups in total. The number of carbonyl (C=O) groups excluding carboxylic acids is 1. The van der Waals surface area contributed by atoms with E-state index in [1.54, 1.807) is 0 Å². The van der Waals surface area contributed by atoms with Gasteiger partial charge in [0.25, 0.3) is 0 Å². The summed E-state index contributed by atoms with van der Waals surface area (Å²) in [6.45, 7) is 8.63. The van der Waals surface area contributed by atoms with Crippen LogP contribution >= 0.6 is 0 Å². The first kappa shape index (κ1) is 10.9. The fraction of sp³-hybridized carbons (Fsp3) is 0.917. The van der Waals surface area contributed by atoms with E-state index in [0.29, 0.717) is 23.7 Å². The lowest BCUT2D eigenvalue weighted by atomic mass is 9.95. The van der Waals surface area contributed by atoms with E-state index in [2.05, 4.69) is 24.1 Å². The molecule has 2 unspecified atom stereocenters. The third-order valence-corrected chi connectivity index (χ3v) is 3.83. The molecule has 3 nitrogen and oxygen atoms in total. The minimum atomic E-state index is 0.376.